The van der Waals surface area contributed by atoms with Gasteiger partial charge in [-0.05, 0) is 54.8 Å². The molecular weight excluding hydrogens is 362 g/mol. The SMILES string of the molecule is Cc1cccc(NC(=O)CNc2cccc(C(=O)NCc3ccccc3)c2)c1C. The maximum Gasteiger partial charge on any atom is 0.251 e. The van der Waals surface area contributed by atoms with Gasteiger partial charge in [0.15, 0.2) is 0 Å². The normalized spacial score (nSPS) is 10.3. The van der Waals surface area contributed by atoms with Gasteiger partial charge in [0.25, 0.3) is 5.91 Å². The second-order valence-corrected chi connectivity index (χ2v) is 6.90. The van der Waals surface area contributed by atoms with Crippen molar-refractivity contribution in [3.05, 3.63) is 95.1 Å². The van der Waals surface area contributed by atoms with Crippen molar-refractivity contribution in [3.8, 4) is 0 Å². The monoisotopic (exact) mass is 387 g/mol. The molecule has 3 N–H and O–H groups in total. The Morgan fingerprint density at radius 2 is 1.62 bits per heavy atom. The van der Waals surface area contributed by atoms with Crippen molar-refractivity contribution in [2.45, 2.75) is 20.4 Å². The van der Waals surface area contributed by atoms with Gasteiger partial charge in [0.2, 0.25) is 5.91 Å². The molecule has 0 bridgehead atoms. The highest BCUT2D eigenvalue weighted by atomic mass is 16.2. The predicted octanol–water partition coefficient (Wildman–Crippen LogP) is 4.28. The van der Waals surface area contributed by atoms with Crippen LogP contribution >= 0.6 is 0 Å². The van der Waals surface area contributed by atoms with Gasteiger partial charge in [0, 0.05) is 23.5 Å². The Kier molecular flexibility index (Phi) is 6.63. The van der Waals surface area contributed by atoms with Crippen molar-refractivity contribution in [1.29, 1.82) is 0 Å². The zero-order chi connectivity index (χ0) is 20.6. The summed E-state index contributed by atoms with van der Waals surface area (Å²) in [6.45, 7) is 4.57. The smallest absolute Gasteiger partial charge is 0.251 e. The lowest BCUT2D eigenvalue weighted by molar-refractivity contribution is -0.114. The van der Waals surface area contributed by atoms with Gasteiger partial charge in [-0.1, -0.05) is 48.5 Å². The van der Waals surface area contributed by atoms with Crippen LogP contribution in [-0.4, -0.2) is 18.4 Å². The lowest BCUT2D eigenvalue weighted by Crippen LogP contribution is -2.24. The maximum atomic E-state index is 12.4. The Bertz CT molecular complexity index is 1000. The molecular formula is C24H25N3O2. The number of carbonyl (C=O) groups excluding carboxylic acids is 2. The number of carbonyl (C=O) groups is 2. The summed E-state index contributed by atoms with van der Waals surface area (Å²) in [6, 6.07) is 22.7. The van der Waals surface area contributed by atoms with Gasteiger partial charge in [-0.25, -0.2) is 0 Å². The zero-order valence-electron chi connectivity index (χ0n) is 16.7. The number of rotatable bonds is 7. The average molecular weight is 387 g/mol. The number of aryl methyl sites for hydroxylation is 1. The number of hydrogen-bond donors (Lipinski definition) is 3. The van der Waals surface area contributed by atoms with Gasteiger partial charge < -0.3 is 16.0 Å². The summed E-state index contributed by atoms with van der Waals surface area (Å²) in [6.07, 6.45) is 0. The molecule has 0 saturated carbocycles. The summed E-state index contributed by atoms with van der Waals surface area (Å²) < 4.78 is 0. The third-order valence-electron chi connectivity index (χ3n) is 4.75. The molecule has 0 radical (unpaired) electrons. The Hall–Kier alpha value is -3.60. The highest BCUT2D eigenvalue weighted by Gasteiger charge is 2.08. The molecule has 0 fully saturated rings. The molecule has 3 rings (SSSR count). The van der Waals surface area contributed by atoms with E-state index >= 15 is 0 Å². The van der Waals surface area contributed by atoms with Crippen LogP contribution in [0.4, 0.5) is 11.4 Å². The molecule has 0 saturated heterocycles. The molecule has 0 atom stereocenters. The average Bonchev–Trinajstić information content (AvgIpc) is 2.75. The summed E-state index contributed by atoms with van der Waals surface area (Å²) in [7, 11) is 0. The third kappa shape index (κ3) is 5.69. The van der Waals surface area contributed by atoms with Crippen LogP contribution in [0, 0.1) is 13.8 Å². The van der Waals surface area contributed by atoms with Crippen molar-refractivity contribution in [3.63, 3.8) is 0 Å². The quantitative estimate of drug-likeness (QED) is 0.567. The van der Waals surface area contributed by atoms with E-state index in [4.69, 9.17) is 0 Å². The molecule has 5 nitrogen and oxygen atoms in total. The third-order valence-corrected chi connectivity index (χ3v) is 4.75. The minimum atomic E-state index is -0.155. The molecule has 0 aliphatic carbocycles. The highest BCUT2D eigenvalue weighted by molar-refractivity contribution is 5.96. The number of amides is 2. The van der Waals surface area contributed by atoms with Gasteiger partial charge in [0.1, 0.15) is 0 Å². The van der Waals surface area contributed by atoms with Crippen molar-refractivity contribution in [1.82, 2.24) is 5.32 Å². The van der Waals surface area contributed by atoms with Crippen LogP contribution in [-0.2, 0) is 11.3 Å². The molecule has 2 amide bonds. The topological polar surface area (TPSA) is 70.2 Å². The Morgan fingerprint density at radius 1 is 0.862 bits per heavy atom. The van der Waals surface area contributed by atoms with E-state index in [0.29, 0.717) is 17.8 Å². The first-order chi connectivity index (χ1) is 14.0. The summed E-state index contributed by atoms with van der Waals surface area (Å²) in [5.41, 5.74) is 5.29. The van der Waals surface area contributed by atoms with E-state index in [2.05, 4.69) is 16.0 Å². The summed E-state index contributed by atoms with van der Waals surface area (Å²) in [4.78, 5) is 24.7. The largest absolute Gasteiger partial charge is 0.376 e. The van der Waals surface area contributed by atoms with E-state index in [9.17, 15) is 9.59 Å². The van der Waals surface area contributed by atoms with E-state index in [-0.39, 0.29) is 18.4 Å². The zero-order valence-corrected chi connectivity index (χ0v) is 16.7. The first kappa shape index (κ1) is 20.1. The lowest BCUT2D eigenvalue weighted by Gasteiger charge is -2.12. The molecule has 0 heterocycles. The summed E-state index contributed by atoms with van der Waals surface area (Å²) >= 11 is 0. The van der Waals surface area contributed by atoms with Gasteiger partial charge >= 0.3 is 0 Å². The van der Waals surface area contributed by atoms with Crippen LogP contribution in [0.2, 0.25) is 0 Å². The fraction of sp³-hybridized carbons (Fsp3) is 0.167. The number of hydrogen-bond acceptors (Lipinski definition) is 3. The second-order valence-electron chi connectivity index (χ2n) is 6.90. The maximum absolute atomic E-state index is 12.4. The summed E-state index contributed by atoms with van der Waals surface area (Å²) in [5, 5.41) is 8.90. The Morgan fingerprint density at radius 3 is 2.41 bits per heavy atom. The molecule has 148 valence electrons. The highest BCUT2D eigenvalue weighted by Crippen LogP contribution is 2.18. The summed E-state index contributed by atoms with van der Waals surface area (Å²) in [5.74, 6) is -0.296. The first-order valence-electron chi connectivity index (χ1n) is 9.55. The van der Waals surface area contributed by atoms with Crippen LogP contribution in [0.25, 0.3) is 0 Å². The molecule has 0 aliphatic heterocycles. The fourth-order valence-electron chi connectivity index (χ4n) is 2.91. The van der Waals surface area contributed by atoms with E-state index in [1.807, 2.05) is 68.4 Å². The van der Waals surface area contributed by atoms with Crippen LogP contribution in [0.5, 0.6) is 0 Å². The van der Waals surface area contributed by atoms with Crippen LogP contribution in [0.3, 0.4) is 0 Å². The molecule has 3 aromatic rings. The predicted molar refractivity (Wildman–Crippen MR) is 117 cm³/mol. The molecule has 3 aromatic carbocycles. The van der Waals surface area contributed by atoms with E-state index in [1.54, 1.807) is 18.2 Å². The molecule has 29 heavy (non-hydrogen) atoms. The van der Waals surface area contributed by atoms with Crippen molar-refractivity contribution in [2.24, 2.45) is 0 Å². The first-order valence-corrected chi connectivity index (χ1v) is 9.55. The molecule has 0 unspecified atom stereocenters. The second kappa shape index (κ2) is 9.55. The lowest BCUT2D eigenvalue weighted by atomic mass is 10.1. The van der Waals surface area contributed by atoms with Crippen molar-refractivity contribution in [2.75, 3.05) is 17.2 Å². The van der Waals surface area contributed by atoms with Gasteiger partial charge in [-0.2, -0.15) is 0 Å². The van der Waals surface area contributed by atoms with E-state index < -0.39 is 0 Å². The van der Waals surface area contributed by atoms with E-state index in [0.717, 1.165) is 22.4 Å². The number of nitrogens with one attached hydrogen (secondary N) is 3. The molecule has 5 heteroatoms. The van der Waals surface area contributed by atoms with Gasteiger partial charge in [-0.3, -0.25) is 9.59 Å². The molecule has 0 aliphatic rings. The van der Waals surface area contributed by atoms with Crippen LogP contribution in [0.15, 0.2) is 72.8 Å². The van der Waals surface area contributed by atoms with Crippen LogP contribution in [0.1, 0.15) is 27.0 Å². The van der Waals surface area contributed by atoms with Crippen molar-refractivity contribution >= 4 is 23.2 Å². The standard InChI is InChI=1S/C24H25N3O2/c1-17-8-6-13-22(18(17)2)27-23(28)16-25-21-12-7-11-20(14-21)24(29)26-15-19-9-4-3-5-10-19/h3-14,25H,15-16H2,1-2H3,(H,26,29)(H,27,28). The molecule has 0 aromatic heterocycles. The molecule has 0 spiro atoms. The van der Waals surface area contributed by atoms with Gasteiger partial charge in [0.05, 0.1) is 6.54 Å². The minimum absolute atomic E-state index is 0.114. The van der Waals surface area contributed by atoms with Crippen molar-refractivity contribution < 1.29 is 9.59 Å². The fourth-order valence-corrected chi connectivity index (χ4v) is 2.91. The Balaban J connectivity index is 1.54. The van der Waals surface area contributed by atoms with Crippen LogP contribution < -0.4 is 16.0 Å². The number of benzene rings is 3. The van der Waals surface area contributed by atoms with E-state index in [1.165, 1.54) is 0 Å². The minimum Gasteiger partial charge on any atom is -0.376 e. The Labute approximate surface area is 171 Å². The van der Waals surface area contributed by atoms with Gasteiger partial charge in [-0.15, -0.1) is 0 Å². The number of anilines is 2.